The lowest BCUT2D eigenvalue weighted by Crippen LogP contribution is -2.13. The summed E-state index contributed by atoms with van der Waals surface area (Å²) in [7, 11) is 0. The van der Waals surface area contributed by atoms with Gasteiger partial charge in [-0.1, -0.05) is 51.3 Å². The van der Waals surface area contributed by atoms with Crippen LogP contribution in [-0.4, -0.2) is 9.55 Å². The second-order valence-corrected chi connectivity index (χ2v) is 7.76. The summed E-state index contributed by atoms with van der Waals surface area (Å²) in [5, 5.41) is 1.32. The Kier molecular flexibility index (Phi) is 5.10. The van der Waals surface area contributed by atoms with E-state index in [0.717, 1.165) is 31.0 Å². The molecule has 0 saturated heterocycles. The molecule has 1 fully saturated rings. The third kappa shape index (κ3) is 3.30. The van der Waals surface area contributed by atoms with Gasteiger partial charge in [0.05, 0.1) is 17.4 Å². The maximum Gasteiger partial charge on any atom is 0.0715 e. The average molecular weight is 347 g/mol. The first kappa shape index (κ1) is 17.3. The van der Waals surface area contributed by atoms with Gasteiger partial charge < -0.3 is 4.57 Å². The van der Waals surface area contributed by atoms with E-state index in [1.165, 1.54) is 59.7 Å². The molecule has 2 aromatic heterocycles. The fraction of sp³-hybridized carbons (Fsp3) is 0.458. The zero-order valence-corrected chi connectivity index (χ0v) is 16.2. The summed E-state index contributed by atoms with van der Waals surface area (Å²) >= 11 is 0. The number of aromatic nitrogens is 2. The van der Waals surface area contributed by atoms with Crippen molar-refractivity contribution in [3.63, 3.8) is 0 Å². The SMILES string of the molecule is CCc1cccc(CC)c1-c1cc2ccn(CC3CCCCC3)c2cn1. The van der Waals surface area contributed by atoms with Crippen molar-refractivity contribution in [2.24, 2.45) is 5.92 Å². The van der Waals surface area contributed by atoms with Crippen LogP contribution in [0.1, 0.15) is 57.1 Å². The minimum absolute atomic E-state index is 0.839. The highest BCUT2D eigenvalue weighted by Gasteiger charge is 2.16. The van der Waals surface area contributed by atoms with Gasteiger partial charge >= 0.3 is 0 Å². The van der Waals surface area contributed by atoms with E-state index in [1.54, 1.807) is 0 Å². The van der Waals surface area contributed by atoms with Gasteiger partial charge in [0.15, 0.2) is 0 Å². The Morgan fingerprint density at radius 3 is 2.42 bits per heavy atom. The molecule has 0 atom stereocenters. The largest absolute Gasteiger partial charge is 0.346 e. The Morgan fingerprint density at radius 2 is 1.73 bits per heavy atom. The molecule has 4 rings (SSSR count). The van der Waals surface area contributed by atoms with E-state index in [2.05, 4.69) is 61.1 Å². The fourth-order valence-electron chi connectivity index (χ4n) is 4.60. The quantitative estimate of drug-likeness (QED) is 0.522. The molecular formula is C24H30N2. The van der Waals surface area contributed by atoms with Crippen LogP contribution in [0.15, 0.2) is 42.7 Å². The predicted octanol–water partition coefficient (Wildman–Crippen LogP) is 6.41. The van der Waals surface area contributed by atoms with Crippen LogP contribution in [-0.2, 0) is 19.4 Å². The van der Waals surface area contributed by atoms with E-state index in [1.807, 2.05) is 0 Å². The first-order chi connectivity index (χ1) is 12.8. The Labute approximate surface area is 157 Å². The normalized spacial score (nSPS) is 15.6. The number of aryl methyl sites for hydroxylation is 2. The summed E-state index contributed by atoms with van der Waals surface area (Å²) in [6.45, 7) is 5.62. The summed E-state index contributed by atoms with van der Waals surface area (Å²) in [4.78, 5) is 4.90. The van der Waals surface area contributed by atoms with Crippen molar-refractivity contribution in [2.45, 2.75) is 65.3 Å². The first-order valence-electron chi connectivity index (χ1n) is 10.4. The molecule has 2 heterocycles. The van der Waals surface area contributed by atoms with Crippen molar-refractivity contribution in [1.82, 2.24) is 9.55 Å². The smallest absolute Gasteiger partial charge is 0.0715 e. The highest BCUT2D eigenvalue weighted by Crippen LogP contribution is 2.31. The second-order valence-electron chi connectivity index (χ2n) is 7.76. The number of hydrogen-bond donors (Lipinski definition) is 0. The van der Waals surface area contributed by atoms with Crippen LogP contribution >= 0.6 is 0 Å². The van der Waals surface area contributed by atoms with E-state index in [-0.39, 0.29) is 0 Å². The summed E-state index contributed by atoms with van der Waals surface area (Å²) < 4.78 is 2.43. The molecule has 0 amide bonds. The van der Waals surface area contributed by atoms with Crippen molar-refractivity contribution in [3.8, 4) is 11.3 Å². The average Bonchev–Trinajstić information content (AvgIpc) is 3.10. The van der Waals surface area contributed by atoms with Gasteiger partial charge in [-0.25, -0.2) is 0 Å². The highest BCUT2D eigenvalue weighted by atomic mass is 15.0. The molecule has 1 aliphatic rings. The Hall–Kier alpha value is -2.09. The molecule has 136 valence electrons. The standard InChI is InChI=1S/C24H30N2/c1-3-19-11-8-12-20(4-2)24(19)22-15-21-13-14-26(23(21)16-25-22)17-18-9-6-5-7-10-18/h8,11-16,18H,3-7,9-10,17H2,1-2H3. The number of rotatable bonds is 5. The lowest BCUT2D eigenvalue weighted by atomic mass is 9.89. The minimum Gasteiger partial charge on any atom is -0.346 e. The van der Waals surface area contributed by atoms with Crippen LogP contribution in [0.3, 0.4) is 0 Å². The zero-order chi connectivity index (χ0) is 17.9. The number of pyridine rings is 1. The van der Waals surface area contributed by atoms with Crippen molar-refractivity contribution in [2.75, 3.05) is 0 Å². The molecule has 26 heavy (non-hydrogen) atoms. The fourth-order valence-corrected chi connectivity index (χ4v) is 4.60. The summed E-state index contributed by atoms with van der Waals surface area (Å²) in [5.41, 5.74) is 6.56. The van der Waals surface area contributed by atoms with Gasteiger partial charge in [-0.15, -0.1) is 0 Å². The summed E-state index contributed by atoms with van der Waals surface area (Å²) in [6.07, 6.45) is 13.4. The van der Waals surface area contributed by atoms with E-state index in [4.69, 9.17) is 4.98 Å². The number of benzene rings is 1. The van der Waals surface area contributed by atoms with Gasteiger partial charge in [-0.2, -0.15) is 0 Å². The molecule has 1 aliphatic carbocycles. The van der Waals surface area contributed by atoms with Gasteiger partial charge in [-0.05, 0) is 54.9 Å². The summed E-state index contributed by atoms with van der Waals surface area (Å²) in [5.74, 6) is 0.839. The van der Waals surface area contributed by atoms with Crippen LogP contribution in [0.25, 0.3) is 22.2 Å². The predicted molar refractivity (Wildman–Crippen MR) is 111 cm³/mol. The Balaban J connectivity index is 1.69. The lowest BCUT2D eigenvalue weighted by molar-refractivity contribution is 0.322. The molecular weight excluding hydrogens is 316 g/mol. The minimum atomic E-state index is 0.839. The highest BCUT2D eigenvalue weighted by molar-refractivity contribution is 5.84. The monoisotopic (exact) mass is 346 g/mol. The van der Waals surface area contributed by atoms with E-state index in [0.29, 0.717) is 0 Å². The van der Waals surface area contributed by atoms with Crippen LogP contribution in [0.4, 0.5) is 0 Å². The molecule has 0 aliphatic heterocycles. The van der Waals surface area contributed by atoms with E-state index >= 15 is 0 Å². The molecule has 0 unspecified atom stereocenters. The van der Waals surface area contributed by atoms with Crippen molar-refractivity contribution < 1.29 is 0 Å². The Bertz CT molecular complexity index is 862. The Morgan fingerprint density at radius 1 is 1.00 bits per heavy atom. The van der Waals surface area contributed by atoms with E-state index in [9.17, 15) is 0 Å². The molecule has 1 saturated carbocycles. The topological polar surface area (TPSA) is 17.8 Å². The van der Waals surface area contributed by atoms with Gasteiger partial charge in [0.25, 0.3) is 0 Å². The molecule has 0 N–H and O–H groups in total. The van der Waals surface area contributed by atoms with E-state index < -0.39 is 0 Å². The van der Waals surface area contributed by atoms with Crippen molar-refractivity contribution in [1.29, 1.82) is 0 Å². The molecule has 0 spiro atoms. The number of hydrogen-bond acceptors (Lipinski definition) is 1. The summed E-state index contributed by atoms with van der Waals surface area (Å²) in [6, 6.07) is 11.2. The lowest BCUT2D eigenvalue weighted by Gasteiger charge is -2.22. The van der Waals surface area contributed by atoms with Crippen molar-refractivity contribution >= 4 is 10.9 Å². The molecule has 3 aromatic rings. The van der Waals surface area contributed by atoms with Crippen molar-refractivity contribution in [3.05, 3.63) is 53.9 Å². The third-order valence-electron chi connectivity index (χ3n) is 6.09. The van der Waals surface area contributed by atoms with Gasteiger partial charge in [0.2, 0.25) is 0 Å². The number of nitrogens with zero attached hydrogens (tertiary/aromatic N) is 2. The molecule has 2 heteroatoms. The molecule has 1 aromatic carbocycles. The van der Waals surface area contributed by atoms with Gasteiger partial charge in [0.1, 0.15) is 0 Å². The zero-order valence-electron chi connectivity index (χ0n) is 16.2. The maximum atomic E-state index is 4.90. The molecule has 0 bridgehead atoms. The van der Waals surface area contributed by atoms with Crippen LogP contribution < -0.4 is 0 Å². The number of fused-ring (bicyclic) bond motifs is 1. The van der Waals surface area contributed by atoms with Crippen LogP contribution in [0.2, 0.25) is 0 Å². The van der Waals surface area contributed by atoms with Crippen LogP contribution in [0.5, 0.6) is 0 Å². The first-order valence-corrected chi connectivity index (χ1v) is 10.4. The molecule has 2 nitrogen and oxygen atoms in total. The van der Waals surface area contributed by atoms with Gasteiger partial charge in [-0.3, -0.25) is 4.98 Å². The molecule has 0 radical (unpaired) electrons. The maximum absolute atomic E-state index is 4.90. The third-order valence-corrected chi connectivity index (χ3v) is 6.09. The van der Waals surface area contributed by atoms with Gasteiger partial charge in [0, 0.05) is 23.7 Å². The van der Waals surface area contributed by atoms with Crippen LogP contribution in [0, 0.1) is 5.92 Å². The second kappa shape index (κ2) is 7.65.